The predicted octanol–water partition coefficient (Wildman–Crippen LogP) is 2.61. The van der Waals surface area contributed by atoms with E-state index in [1.807, 2.05) is 13.8 Å². The second kappa shape index (κ2) is 9.74. The highest BCUT2D eigenvalue weighted by molar-refractivity contribution is 6.33. The van der Waals surface area contributed by atoms with Crippen LogP contribution < -0.4 is 10.6 Å². The minimum absolute atomic E-state index is 0.0227. The SMILES string of the molecule is CC[C@H](C)NC(=O)[C@@H](NC(=O)c1ccccc1Cl)C1CCN(C(C)=O)CC1. The fourth-order valence-corrected chi connectivity index (χ4v) is 3.47. The van der Waals surface area contributed by atoms with Crippen molar-refractivity contribution in [1.82, 2.24) is 15.5 Å². The molecule has 7 heteroatoms. The number of amides is 3. The standard InChI is InChI=1S/C20H28ClN3O3/c1-4-13(2)22-20(27)18(15-9-11-24(12-10-15)14(3)25)23-19(26)16-7-5-6-8-17(16)21/h5-8,13,15,18H,4,9-12H2,1-3H3,(H,22,27)(H,23,26)/t13-,18-/m0/s1. The maximum Gasteiger partial charge on any atom is 0.253 e. The van der Waals surface area contributed by atoms with E-state index in [0.717, 1.165) is 6.42 Å². The number of hydrogen-bond acceptors (Lipinski definition) is 3. The van der Waals surface area contributed by atoms with Gasteiger partial charge < -0.3 is 15.5 Å². The van der Waals surface area contributed by atoms with Gasteiger partial charge in [0.05, 0.1) is 10.6 Å². The molecule has 2 N–H and O–H groups in total. The first-order valence-electron chi connectivity index (χ1n) is 9.44. The zero-order valence-electron chi connectivity index (χ0n) is 16.1. The number of hydrogen-bond donors (Lipinski definition) is 2. The fraction of sp³-hybridized carbons (Fsp3) is 0.550. The van der Waals surface area contributed by atoms with E-state index in [-0.39, 0.29) is 29.7 Å². The summed E-state index contributed by atoms with van der Waals surface area (Å²) in [5, 5.41) is 6.19. The van der Waals surface area contributed by atoms with E-state index >= 15 is 0 Å². The van der Waals surface area contributed by atoms with E-state index in [4.69, 9.17) is 11.6 Å². The van der Waals surface area contributed by atoms with Crippen LogP contribution in [0.4, 0.5) is 0 Å². The van der Waals surface area contributed by atoms with Crippen molar-refractivity contribution in [3.05, 3.63) is 34.9 Å². The van der Waals surface area contributed by atoms with Crippen LogP contribution in [0.5, 0.6) is 0 Å². The van der Waals surface area contributed by atoms with E-state index in [9.17, 15) is 14.4 Å². The predicted molar refractivity (Wildman–Crippen MR) is 106 cm³/mol. The molecule has 1 aliphatic rings. The lowest BCUT2D eigenvalue weighted by molar-refractivity contribution is -0.130. The van der Waals surface area contributed by atoms with Crippen LogP contribution in [0.2, 0.25) is 5.02 Å². The Balaban J connectivity index is 2.15. The van der Waals surface area contributed by atoms with Crippen LogP contribution in [0.1, 0.15) is 50.4 Å². The quantitative estimate of drug-likeness (QED) is 0.779. The van der Waals surface area contributed by atoms with E-state index in [0.29, 0.717) is 36.5 Å². The third-order valence-corrected chi connectivity index (χ3v) is 5.47. The summed E-state index contributed by atoms with van der Waals surface area (Å²) in [4.78, 5) is 38.9. The molecule has 1 aromatic rings. The third kappa shape index (κ3) is 5.70. The molecule has 27 heavy (non-hydrogen) atoms. The Hall–Kier alpha value is -2.08. The molecule has 0 saturated carbocycles. The van der Waals surface area contributed by atoms with Gasteiger partial charge in [0.15, 0.2) is 0 Å². The van der Waals surface area contributed by atoms with Gasteiger partial charge in [-0.05, 0) is 44.2 Å². The van der Waals surface area contributed by atoms with Gasteiger partial charge in [-0.2, -0.15) is 0 Å². The maximum absolute atomic E-state index is 12.8. The number of carbonyl (C=O) groups excluding carboxylic acids is 3. The van der Waals surface area contributed by atoms with Crippen LogP contribution in [-0.4, -0.2) is 47.8 Å². The first kappa shape index (κ1) is 21.2. The highest BCUT2D eigenvalue weighted by atomic mass is 35.5. The average Bonchev–Trinajstić information content (AvgIpc) is 2.66. The van der Waals surface area contributed by atoms with E-state index in [1.54, 1.807) is 36.1 Å². The van der Waals surface area contributed by atoms with Crippen molar-refractivity contribution in [3.8, 4) is 0 Å². The summed E-state index contributed by atoms with van der Waals surface area (Å²) in [5.74, 6) is -0.546. The molecule has 1 aromatic carbocycles. The van der Waals surface area contributed by atoms with Gasteiger partial charge in [-0.1, -0.05) is 30.7 Å². The minimum Gasteiger partial charge on any atom is -0.352 e. The number of benzene rings is 1. The van der Waals surface area contributed by atoms with Gasteiger partial charge in [-0.15, -0.1) is 0 Å². The Morgan fingerprint density at radius 3 is 2.37 bits per heavy atom. The number of piperidine rings is 1. The topological polar surface area (TPSA) is 78.5 Å². The van der Waals surface area contributed by atoms with Crippen molar-refractivity contribution in [2.75, 3.05) is 13.1 Å². The van der Waals surface area contributed by atoms with Gasteiger partial charge in [0, 0.05) is 26.1 Å². The zero-order valence-corrected chi connectivity index (χ0v) is 16.9. The molecule has 0 aromatic heterocycles. The lowest BCUT2D eigenvalue weighted by Crippen LogP contribution is -2.55. The van der Waals surface area contributed by atoms with E-state index in [2.05, 4.69) is 10.6 Å². The Bertz CT molecular complexity index is 687. The van der Waals surface area contributed by atoms with Gasteiger partial charge in [0.25, 0.3) is 5.91 Å². The van der Waals surface area contributed by atoms with Crippen LogP contribution in [0.25, 0.3) is 0 Å². The monoisotopic (exact) mass is 393 g/mol. The second-order valence-electron chi connectivity index (χ2n) is 7.09. The Labute approximate surface area is 165 Å². The molecule has 2 rings (SSSR count). The number of nitrogens with one attached hydrogen (secondary N) is 2. The van der Waals surface area contributed by atoms with E-state index in [1.165, 1.54) is 0 Å². The normalized spacial score (nSPS) is 17.1. The summed E-state index contributed by atoms with van der Waals surface area (Å²) in [5.41, 5.74) is 0.349. The molecule has 0 bridgehead atoms. The van der Waals surface area contributed by atoms with Crippen molar-refractivity contribution >= 4 is 29.3 Å². The van der Waals surface area contributed by atoms with Gasteiger partial charge in [-0.3, -0.25) is 14.4 Å². The molecule has 3 amide bonds. The summed E-state index contributed by atoms with van der Waals surface area (Å²) >= 11 is 6.12. The molecule has 6 nitrogen and oxygen atoms in total. The smallest absolute Gasteiger partial charge is 0.253 e. The third-order valence-electron chi connectivity index (χ3n) is 5.14. The molecule has 0 spiro atoms. The summed E-state index contributed by atoms with van der Waals surface area (Å²) in [7, 11) is 0. The lowest BCUT2D eigenvalue weighted by Gasteiger charge is -2.35. The molecule has 0 unspecified atom stereocenters. The molecule has 1 fully saturated rings. The van der Waals surface area contributed by atoms with Gasteiger partial charge in [0.2, 0.25) is 11.8 Å². The Kier molecular flexibility index (Phi) is 7.66. The number of likely N-dealkylation sites (tertiary alicyclic amines) is 1. The van der Waals surface area contributed by atoms with Crippen LogP contribution in [0.15, 0.2) is 24.3 Å². The fourth-order valence-electron chi connectivity index (χ4n) is 3.24. The van der Waals surface area contributed by atoms with Gasteiger partial charge >= 0.3 is 0 Å². The number of halogens is 1. The van der Waals surface area contributed by atoms with Crippen molar-refractivity contribution in [3.63, 3.8) is 0 Å². The van der Waals surface area contributed by atoms with Gasteiger partial charge in [0.1, 0.15) is 6.04 Å². The van der Waals surface area contributed by atoms with Crippen LogP contribution in [-0.2, 0) is 9.59 Å². The van der Waals surface area contributed by atoms with Crippen molar-refractivity contribution in [2.24, 2.45) is 5.92 Å². The Morgan fingerprint density at radius 2 is 1.81 bits per heavy atom. The molecule has 0 aliphatic carbocycles. The molecule has 1 heterocycles. The highest BCUT2D eigenvalue weighted by Gasteiger charge is 2.34. The first-order chi connectivity index (χ1) is 12.8. The maximum atomic E-state index is 12.8. The molecule has 148 valence electrons. The molecule has 1 saturated heterocycles. The molecule has 0 radical (unpaired) electrons. The first-order valence-corrected chi connectivity index (χ1v) is 9.82. The summed E-state index contributed by atoms with van der Waals surface area (Å²) in [6.07, 6.45) is 2.14. The average molecular weight is 394 g/mol. The van der Waals surface area contributed by atoms with E-state index < -0.39 is 6.04 Å². The molecular weight excluding hydrogens is 366 g/mol. The summed E-state index contributed by atoms with van der Waals surface area (Å²) < 4.78 is 0. The van der Waals surface area contributed by atoms with Crippen molar-refractivity contribution < 1.29 is 14.4 Å². The van der Waals surface area contributed by atoms with Crippen molar-refractivity contribution in [2.45, 2.75) is 52.1 Å². The van der Waals surface area contributed by atoms with Crippen LogP contribution in [0.3, 0.4) is 0 Å². The largest absolute Gasteiger partial charge is 0.352 e. The zero-order chi connectivity index (χ0) is 20.0. The van der Waals surface area contributed by atoms with Crippen LogP contribution >= 0.6 is 11.6 Å². The minimum atomic E-state index is -0.656. The summed E-state index contributed by atoms with van der Waals surface area (Å²) in [6.45, 7) is 6.66. The number of rotatable bonds is 6. The summed E-state index contributed by atoms with van der Waals surface area (Å²) in [6, 6.07) is 6.14. The number of nitrogens with zero attached hydrogens (tertiary/aromatic N) is 1. The van der Waals surface area contributed by atoms with Crippen molar-refractivity contribution in [1.29, 1.82) is 0 Å². The second-order valence-corrected chi connectivity index (χ2v) is 7.50. The molecular formula is C20H28ClN3O3. The highest BCUT2D eigenvalue weighted by Crippen LogP contribution is 2.23. The van der Waals surface area contributed by atoms with Gasteiger partial charge in [-0.25, -0.2) is 0 Å². The molecule has 2 atom stereocenters. The lowest BCUT2D eigenvalue weighted by atomic mass is 9.88. The van der Waals surface area contributed by atoms with Crippen LogP contribution in [0, 0.1) is 5.92 Å². The Morgan fingerprint density at radius 1 is 1.19 bits per heavy atom. The number of carbonyl (C=O) groups is 3. The molecule has 1 aliphatic heterocycles.